The maximum atomic E-state index is 15.7. The Kier molecular flexibility index (Phi) is 8.64. The van der Waals surface area contributed by atoms with Crippen LogP contribution >= 0.6 is 11.3 Å². The zero-order chi connectivity index (χ0) is 31.8. The molecule has 0 fully saturated rings. The van der Waals surface area contributed by atoms with Crippen molar-refractivity contribution in [2.24, 2.45) is 0 Å². The fourth-order valence-corrected chi connectivity index (χ4v) is 6.18. The van der Waals surface area contributed by atoms with Gasteiger partial charge in [0.15, 0.2) is 0 Å². The summed E-state index contributed by atoms with van der Waals surface area (Å²) in [6.07, 6.45) is 1.67. The Hall–Kier alpha value is -4.08. The van der Waals surface area contributed by atoms with E-state index in [1.165, 1.54) is 24.6 Å². The first-order chi connectivity index (χ1) is 20.8. The molecule has 1 aliphatic heterocycles. The number of rotatable bonds is 9. The molecule has 232 valence electrons. The predicted molar refractivity (Wildman–Crippen MR) is 153 cm³/mol. The van der Waals surface area contributed by atoms with E-state index in [9.17, 15) is 30.8 Å². The molecule has 3 heterocycles. The van der Waals surface area contributed by atoms with Crippen LogP contribution in [0.4, 0.5) is 22.0 Å². The SMILES string of the molecule is C=CC(=O)N1CCc2ccc(-c3nc(OS(=O)(=O)C(F)(F)F)c4ccsc4c3-c3c(F)cc(F)cc3OCCOC)cc2C1. The lowest BCUT2D eigenvalue weighted by Gasteiger charge is -2.28. The standard InChI is InChI=1S/C29H23F5N2O6S2/c1-3-23(37)36-8-6-16-4-5-17(12-18(16)15-36)26-25(24-21(31)13-19(30)14-22(24)41-10-9-40-2)27-20(7-11-43-27)28(35-26)42-44(38,39)29(32,33)34/h3-5,7,11-14H,1,6,8-10,15H2,2H3. The van der Waals surface area contributed by atoms with Gasteiger partial charge in [-0.3, -0.25) is 4.79 Å². The van der Waals surface area contributed by atoms with Crippen LogP contribution in [0, 0.1) is 11.6 Å². The van der Waals surface area contributed by atoms with Gasteiger partial charge in [0.25, 0.3) is 0 Å². The lowest BCUT2D eigenvalue weighted by Crippen LogP contribution is -2.34. The number of methoxy groups -OCH3 is 1. The number of nitrogens with zero attached hydrogens (tertiary/aromatic N) is 2. The van der Waals surface area contributed by atoms with Crippen LogP contribution in [0.2, 0.25) is 0 Å². The molecule has 0 spiro atoms. The third-order valence-corrected chi connectivity index (χ3v) is 8.71. The zero-order valence-electron chi connectivity index (χ0n) is 22.9. The van der Waals surface area contributed by atoms with E-state index in [-0.39, 0.29) is 63.9 Å². The second-order valence-electron chi connectivity index (χ2n) is 9.59. The number of aromatic nitrogens is 1. The molecule has 0 radical (unpaired) electrons. The van der Waals surface area contributed by atoms with Gasteiger partial charge in [-0.15, -0.1) is 11.3 Å². The van der Waals surface area contributed by atoms with Gasteiger partial charge in [0.1, 0.15) is 24.0 Å². The zero-order valence-corrected chi connectivity index (χ0v) is 24.5. The second-order valence-corrected chi connectivity index (χ2v) is 12.0. The molecule has 0 N–H and O–H groups in total. The van der Waals surface area contributed by atoms with Gasteiger partial charge in [-0.2, -0.15) is 21.6 Å². The fourth-order valence-electron chi connectivity index (χ4n) is 4.81. The average molecular weight is 655 g/mol. The molecule has 4 aromatic rings. The molecule has 2 aromatic carbocycles. The van der Waals surface area contributed by atoms with Crippen molar-refractivity contribution in [3.63, 3.8) is 0 Å². The first-order valence-corrected chi connectivity index (χ1v) is 15.2. The van der Waals surface area contributed by atoms with E-state index in [2.05, 4.69) is 15.7 Å². The van der Waals surface area contributed by atoms with Crippen LogP contribution in [0.3, 0.4) is 0 Å². The highest BCUT2D eigenvalue weighted by Crippen LogP contribution is 2.48. The van der Waals surface area contributed by atoms with Crippen molar-refractivity contribution in [1.82, 2.24) is 9.88 Å². The van der Waals surface area contributed by atoms with Gasteiger partial charge in [0, 0.05) is 48.2 Å². The van der Waals surface area contributed by atoms with E-state index in [1.54, 1.807) is 23.1 Å². The van der Waals surface area contributed by atoms with Crippen LogP contribution in [0.25, 0.3) is 32.5 Å². The predicted octanol–water partition coefficient (Wildman–Crippen LogP) is 6.23. The third-order valence-electron chi connectivity index (χ3n) is 6.84. The van der Waals surface area contributed by atoms with Crippen LogP contribution in [-0.2, 0) is 32.6 Å². The number of halogens is 5. The fraction of sp³-hybridized carbons (Fsp3) is 0.241. The van der Waals surface area contributed by atoms with Gasteiger partial charge in [-0.1, -0.05) is 18.7 Å². The van der Waals surface area contributed by atoms with Crippen molar-refractivity contribution in [2.45, 2.75) is 18.5 Å². The summed E-state index contributed by atoms with van der Waals surface area (Å²) in [5.41, 5.74) is -4.38. The molecule has 0 saturated heterocycles. The summed E-state index contributed by atoms with van der Waals surface area (Å²) in [4.78, 5) is 18.0. The van der Waals surface area contributed by atoms with E-state index in [0.29, 0.717) is 24.6 Å². The summed E-state index contributed by atoms with van der Waals surface area (Å²) in [5.74, 6) is -3.45. The van der Waals surface area contributed by atoms with Crippen molar-refractivity contribution in [2.75, 3.05) is 26.9 Å². The Morgan fingerprint density at radius 1 is 1.11 bits per heavy atom. The van der Waals surface area contributed by atoms with E-state index in [0.717, 1.165) is 23.0 Å². The minimum Gasteiger partial charge on any atom is -0.490 e. The highest BCUT2D eigenvalue weighted by Gasteiger charge is 2.49. The molecule has 5 rings (SSSR count). The van der Waals surface area contributed by atoms with E-state index in [1.807, 2.05) is 0 Å². The van der Waals surface area contributed by atoms with Crippen LogP contribution < -0.4 is 8.92 Å². The summed E-state index contributed by atoms with van der Waals surface area (Å²) in [6, 6.07) is 7.78. The average Bonchev–Trinajstić information content (AvgIpc) is 3.46. The number of alkyl halides is 3. The molecule has 2 aromatic heterocycles. The Morgan fingerprint density at radius 2 is 1.89 bits per heavy atom. The highest BCUT2D eigenvalue weighted by molar-refractivity contribution is 7.88. The molecule has 0 unspecified atom stereocenters. The monoisotopic (exact) mass is 654 g/mol. The van der Waals surface area contributed by atoms with Crippen molar-refractivity contribution < 1.29 is 48.8 Å². The maximum absolute atomic E-state index is 15.7. The molecule has 1 aliphatic rings. The quantitative estimate of drug-likeness (QED) is 0.0694. The Balaban J connectivity index is 1.79. The number of amides is 1. The summed E-state index contributed by atoms with van der Waals surface area (Å²) >= 11 is 0.951. The topological polar surface area (TPSA) is 95.0 Å². The largest absolute Gasteiger partial charge is 0.534 e. The van der Waals surface area contributed by atoms with E-state index < -0.39 is 33.1 Å². The Morgan fingerprint density at radius 3 is 2.59 bits per heavy atom. The lowest BCUT2D eigenvalue weighted by molar-refractivity contribution is -0.126. The molecule has 0 saturated carbocycles. The molecule has 15 heteroatoms. The number of benzene rings is 2. The normalized spacial score (nSPS) is 13.5. The first kappa shape index (κ1) is 31.3. The molecular weight excluding hydrogens is 631 g/mol. The molecule has 0 bridgehead atoms. The molecule has 8 nitrogen and oxygen atoms in total. The van der Waals surface area contributed by atoms with Crippen LogP contribution in [0.15, 0.2) is 54.4 Å². The van der Waals surface area contributed by atoms with Gasteiger partial charge in [0.05, 0.1) is 23.3 Å². The van der Waals surface area contributed by atoms with Crippen molar-refractivity contribution in [3.05, 3.63) is 77.2 Å². The van der Waals surface area contributed by atoms with Gasteiger partial charge >= 0.3 is 15.6 Å². The number of carbonyl (C=O) groups is 1. The van der Waals surface area contributed by atoms with Gasteiger partial charge < -0.3 is 18.6 Å². The van der Waals surface area contributed by atoms with Crippen LogP contribution in [-0.4, -0.2) is 56.6 Å². The molecule has 1 amide bonds. The van der Waals surface area contributed by atoms with Crippen molar-refractivity contribution in [1.29, 1.82) is 0 Å². The molecule has 44 heavy (non-hydrogen) atoms. The highest BCUT2D eigenvalue weighted by atomic mass is 32.2. The number of ether oxygens (including phenoxy) is 2. The number of fused-ring (bicyclic) bond motifs is 2. The number of thiophene rings is 1. The smallest absolute Gasteiger partial charge is 0.490 e. The van der Waals surface area contributed by atoms with Gasteiger partial charge in [-0.25, -0.2) is 13.8 Å². The van der Waals surface area contributed by atoms with E-state index >= 15 is 4.39 Å². The number of pyridine rings is 1. The van der Waals surface area contributed by atoms with Gasteiger partial charge in [-0.05, 0) is 41.1 Å². The third kappa shape index (κ3) is 5.99. The van der Waals surface area contributed by atoms with E-state index in [4.69, 9.17) is 9.47 Å². The maximum Gasteiger partial charge on any atom is 0.534 e. The Bertz CT molecular complexity index is 1870. The number of hydrogen-bond acceptors (Lipinski definition) is 8. The minimum absolute atomic E-state index is 0.00598. The number of carbonyl (C=O) groups excluding carboxylic acids is 1. The molecule has 0 aliphatic carbocycles. The Labute approximate surface area is 252 Å². The summed E-state index contributed by atoms with van der Waals surface area (Å²) < 4.78 is 109. The minimum atomic E-state index is -6.14. The van der Waals surface area contributed by atoms with Crippen molar-refractivity contribution >= 4 is 37.4 Å². The first-order valence-electron chi connectivity index (χ1n) is 12.9. The van der Waals surface area contributed by atoms with Crippen LogP contribution in [0.1, 0.15) is 11.1 Å². The summed E-state index contributed by atoms with van der Waals surface area (Å²) in [6.45, 7) is 4.08. The van der Waals surface area contributed by atoms with Crippen LogP contribution in [0.5, 0.6) is 11.6 Å². The summed E-state index contributed by atoms with van der Waals surface area (Å²) in [5, 5.41) is 1.28. The molecular formula is C29H23F5N2O6S2. The molecule has 0 atom stereocenters. The summed E-state index contributed by atoms with van der Waals surface area (Å²) in [7, 11) is -4.74. The van der Waals surface area contributed by atoms with Gasteiger partial charge in [0.2, 0.25) is 11.8 Å². The lowest BCUT2D eigenvalue weighted by atomic mass is 9.92. The second kappa shape index (κ2) is 12.1. The van der Waals surface area contributed by atoms with Crippen molar-refractivity contribution in [3.8, 4) is 34.0 Å². The number of hydrogen-bond donors (Lipinski definition) is 0.